The van der Waals surface area contributed by atoms with E-state index in [1.807, 2.05) is 0 Å². The second-order valence-electron chi connectivity index (χ2n) is 6.54. The summed E-state index contributed by atoms with van der Waals surface area (Å²) in [6.07, 6.45) is -0.591. The Balaban J connectivity index is 1.70. The van der Waals surface area contributed by atoms with Gasteiger partial charge in [0.25, 0.3) is 5.91 Å². The molecule has 0 aliphatic carbocycles. The number of nitrogens with zero attached hydrogens (tertiary/aromatic N) is 1. The Kier molecular flexibility index (Phi) is 4.64. The fraction of sp³-hybridized carbons (Fsp3) is 0.529. The van der Waals surface area contributed by atoms with E-state index in [-0.39, 0.29) is 30.7 Å². The average molecular weight is 355 g/mol. The number of aliphatic carboxylic acids is 1. The van der Waals surface area contributed by atoms with Crippen LogP contribution >= 0.6 is 0 Å². The van der Waals surface area contributed by atoms with E-state index in [2.05, 4.69) is 0 Å². The Morgan fingerprint density at radius 2 is 2.16 bits per heavy atom. The fourth-order valence-corrected chi connectivity index (χ4v) is 3.53. The van der Waals surface area contributed by atoms with Crippen molar-refractivity contribution in [2.24, 2.45) is 11.3 Å². The SMILES string of the molecule is CC(Oc1ccc(F)c(F)c1)C(=O)N1C[C@H]2COCC[C@@]2(C(=O)O)C1. The maximum atomic E-state index is 13.2. The number of carbonyl (C=O) groups excluding carboxylic acids is 1. The lowest BCUT2D eigenvalue weighted by molar-refractivity contribution is -0.157. The van der Waals surface area contributed by atoms with Gasteiger partial charge in [0.2, 0.25) is 0 Å². The van der Waals surface area contributed by atoms with E-state index >= 15 is 0 Å². The van der Waals surface area contributed by atoms with Crippen molar-refractivity contribution >= 4 is 11.9 Å². The quantitative estimate of drug-likeness (QED) is 0.889. The maximum absolute atomic E-state index is 13.2. The molecule has 1 unspecified atom stereocenters. The molecule has 0 radical (unpaired) electrons. The Morgan fingerprint density at radius 3 is 2.80 bits per heavy atom. The van der Waals surface area contributed by atoms with Crippen LogP contribution in [0.3, 0.4) is 0 Å². The Labute approximate surface area is 143 Å². The first kappa shape index (κ1) is 17.6. The van der Waals surface area contributed by atoms with E-state index in [4.69, 9.17) is 9.47 Å². The van der Waals surface area contributed by atoms with Gasteiger partial charge < -0.3 is 19.5 Å². The molecule has 1 aromatic rings. The largest absolute Gasteiger partial charge is 0.481 e. The predicted octanol–water partition coefficient (Wildman–Crippen LogP) is 1.68. The zero-order valence-electron chi connectivity index (χ0n) is 13.7. The first-order valence-electron chi connectivity index (χ1n) is 8.05. The number of fused-ring (bicyclic) bond motifs is 1. The highest BCUT2D eigenvalue weighted by molar-refractivity contribution is 5.84. The molecule has 0 bridgehead atoms. The summed E-state index contributed by atoms with van der Waals surface area (Å²) in [5.41, 5.74) is -0.990. The molecule has 0 saturated carbocycles. The van der Waals surface area contributed by atoms with Crippen LogP contribution in [0.2, 0.25) is 0 Å². The lowest BCUT2D eigenvalue weighted by Crippen LogP contribution is -2.45. The van der Waals surface area contributed by atoms with Crippen LogP contribution in [-0.4, -0.2) is 54.3 Å². The van der Waals surface area contributed by atoms with E-state index in [0.29, 0.717) is 19.6 Å². The first-order valence-corrected chi connectivity index (χ1v) is 8.05. The lowest BCUT2D eigenvalue weighted by Gasteiger charge is -2.33. The van der Waals surface area contributed by atoms with Crippen LogP contribution in [0.5, 0.6) is 5.75 Å². The van der Waals surface area contributed by atoms with Crippen LogP contribution in [0.1, 0.15) is 13.3 Å². The molecule has 2 fully saturated rings. The smallest absolute Gasteiger partial charge is 0.311 e. The molecule has 1 aromatic carbocycles. The van der Waals surface area contributed by atoms with E-state index < -0.39 is 29.1 Å². The fourth-order valence-electron chi connectivity index (χ4n) is 3.53. The minimum Gasteiger partial charge on any atom is -0.481 e. The van der Waals surface area contributed by atoms with Crippen molar-refractivity contribution in [1.29, 1.82) is 0 Å². The molecule has 1 N–H and O–H groups in total. The molecule has 2 aliphatic heterocycles. The molecule has 2 saturated heterocycles. The van der Waals surface area contributed by atoms with Gasteiger partial charge in [0, 0.05) is 31.7 Å². The van der Waals surface area contributed by atoms with Crippen molar-refractivity contribution in [2.75, 3.05) is 26.3 Å². The molecule has 8 heteroatoms. The first-order chi connectivity index (χ1) is 11.8. The van der Waals surface area contributed by atoms with Crippen molar-refractivity contribution in [2.45, 2.75) is 19.4 Å². The molecule has 2 aliphatic rings. The van der Waals surface area contributed by atoms with Gasteiger partial charge in [-0.25, -0.2) is 8.78 Å². The maximum Gasteiger partial charge on any atom is 0.311 e. The molecule has 25 heavy (non-hydrogen) atoms. The van der Waals surface area contributed by atoms with E-state index in [1.165, 1.54) is 17.9 Å². The zero-order valence-corrected chi connectivity index (χ0v) is 13.7. The summed E-state index contributed by atoms with van der Waals surface area (Å²) in [7, 11) is 0. The van der Waals surface area contributed by atoms with E-state index in [9.17, 15) is 23.5 Å². The standard InChI is InChI=1S/C17H19F2NO5/c1-10(25-12-2-3-13(18)14(19)6-12)15(21)20-7-11-8-24-5-4-17(11,9-20)16(22)23/h2-3,6,10-11H,4-5,7-9H2,1H3,(H,22,23)/t10?,11-,17+/m0/s1. The third kappa shape index (κ3) is 3.18. The van der Waals surface area contributed by atoms with Crippen LogP contribution < -0.4 is 4.74 Å². The predicted molar refractivity (Wildman–Crippen MR) is 82.0 cm³/mol. The van der Waals surface area contributed by atoms with Crippen molar-refractivity contribution in [3.63, 3.8) is 0 Å². The van der Waals surface area contributed by atoms with Gasteiger partial charge >= 0.3 is 5.97 Å². The molecule has 136 valence electrons. The van der Waals surface area contributed by atoms with Gasteiger partial charge in [0.05, 0.1) is 12.0 Å². The topological polar surface area (TPSA) is 76.1 Å². The summed E-state index contributed by atoms with van der Waals surface area (Å²) in [6, 6.07) is 3.02. The van der Waals surface area contributed by atoms with Gasteiger partial charge in [-0.15, -0.1) is 0 Å². The number of carboxylic acids is 1. The molecule has 6 nitrogen and oxygen atoms in total. The number of likely N-dealkylation sites (tertiary alicyclic amines) is 1. The molecule has 3 rings (SSSR count). The van der Waals surface area contributed by atoms with Crippen LogP contribution in [-0.2, 0) is 14.3 Å². The van der Waals surface area contributed by atoms with E-state index in [0.717, 1.165) is 12.1 Å². The highest BCUT2D eigenvalue weighted by atomic mass is 19.2. The molecular formula is C17H19F2NO5. The summed E-state index contributed by atoms with van der Waals surface area (Å²) >= 11 is 0. The Hall–Kier alpha value is -2.22. The lowest BCUT2D eigenvalue weighted by atomic mass is 9.74. The van der Waals surface area contributed by atoms with Gasteiger partial charge in [0.15, 0.2) is 17.7 Å². The van der Waals surface area contributed by atoms with Crippen LogP contribution in [0.4, 0.5) is 8.78 Å². The van der Waals surface area contributed by atoms with E-state index in [1.54, 1.807) is 0 Å². The number of carboxylic acid groups (broad SMARTS) is 1. The highest BCUT2D eigenvalue weighted by Crippen LogP contribution is 2.42. The molecule has 0 spiro atoms. The number of carbonyl (C=O) groups is 2. The van der Waals surface area contributed by atoms with Crippen LogP contribution in [0.25, 0.3) is 0 Å². The van der Waals surface area contributed by atoms with Crippen molar-refractivity contribution in [3.8, 4) is 5.75 Å². The molecular weight excluding hydrogens is 336 g/mol. The summed E-state index contributed by atoms with van der Waals surface area (Å²) in [6.45, 7) is 2.52. The number of hydrogen-bond donors (Lipinski definition) is 1. The van der Waals surface area contributed by atoms with Crippen LogP contribution in [0.15, 0.2) is 18.2 Å². The normalized spacial score (nSPS) is 26.8. The number of ether oxygens (including phenoxy) is 2. The summed E-state index contributed by atoms with van der Waals surface area (Å²) in [4.78, 5) is 25.8. The molecule has 3 atom stereocenters. The molecule has 0 aromatic heterocycles. The summed E-state index contributed by atoms with van der Waals surface area (Å²) in [5, 5.41) is 9.63. The van der Waals surface area contributed by atoms with Crippen LogP contribution in [0, 0.1) is 23.0 Å². The van der Waals surface area contributed by atoms with Gasteiger partial charge in [-0.05, 0) is 25.5 Å². The van der Waals surface area contributed by atoms with Crippen molar-refractivity contribution in [1.82, 2.24) is 4.90 Å². The minimum absolute atomic E-state index is 0.0349. The number of benzene rings is 1. The zero-order chi connectivity index (χ0) is 18.2. The molecule has 2 heterocycles. The van der Waals surface area contributed by atoms with Gasteiger partial charge in [-0.1, -0.05) is 0 Å². The minimum atomic E-state index is -1.06. The Bertz CT molecular complexity index is 698. The number of halogens is 2. The third-order valence-electron chi connectivity index (χ3n) is 5.00. The second-order valence-corrected chi connectivity index (χ2v) is 6.54. The third-order valence-corrected chi connectivity index (χ3v) is 5.00. The second kappa shape index (κ2) is 6.59. The summed E-state index contributed by atoms with van der Waals surface area (Å²) in [5.74, 6) is -3.61. The van der Waals surface area contributed by atoms with Crippen molar-refractivity contribution in [3.05, 3.63) is 29.8 Å². The summed E-state index contributed by atoms with van der Waals surface area (Å²) < 4.78 is 36.9. The van der Waals surface area contributed by atoms with Gasteiger partial charge in [-0.3, -0.25) is 9.59 Å². The average Bonchev–Trinajstić information content (AvgIpc) is 2.98. The Morgan fingerprint density at radius 1 is 1.40 bits per heavy atom. The van der Waals surface area contributed by atoms with Gasteiger partial charge in [0.1, 0.15) is 5.75 Å². The number of hydrogen-bond acceptors (Lipinski definition) is 4. The number of rotatable bonds is 4. The highest BCUT2D eigenvalue weighted by Gasteiger charge is 2.55. The van der Waals surface area contributed by atoms with Gasteiger partial charge in [-0.2, -0.15) is 0 Å². The monoisotopic (exact) mass is 355 g/mol. The molecule has 1 amide bonds. The van der Waals surface area contributed by atoms with Crippen molar-refractivity contribution < 1.29 is 33.0 Å². The number of amides is 1.